The van der Waals surface area contributed by atoms with Crippen LogP contribution in [-0.4, -0.2) is 68.6 Å². The molecule has 0 heterocycles. The number of rotatable bonds is 8. The van der Waals surface area contributed by atoms with E-state index in [0.717, 1.165) is 0 Å². The van der Waals surface area contributed by atoms with E-state index in [9.17, 15) is 10.2 Å². The first-order valence-corrected chi connectivity index (χ1v) is 8.42. The first kappa shape index (κ1) is 22.6. The van der Waals surface area contributed by atoms with Crippen LogP contribution in [0.5, 0.6) is 0 Å². The number of aliphatic hydroxyl groups is 4. The van der Waals surface area contributed by atoms with Gasteiger partial charge in [-0.3, -0.25) is 0 Å². The van der Waals surface area contributed by atoms with E-state index in [-0.39, 0.29) is 10.5 Å². The Morgan fingerprint density at radius 2 is 1.09 bits per heavy atom. The molecule has 0 aromatic rings. The highest BCUT2D eigenvalue weighted by atomic mass is 32.1. The molecular formula is C16H26O5S2. The van der Waals surface area contributed by atoms with Gasteiger partial charge in [-0.25, -0.2) is 0 Å². The van der Waals surface area contributed by atoms with Crippen LogP contribution in [0.25, 0.3) is 0 Å². The first-order valence-electron chi connectivity index (χ1n) is 7.39. The fraction of sp³-hybridized carbons (Fsp3) is 0.750. The van der Waals surface area contributed by atoms with E-state index < -0.39 is 24.4 Å². The fourth-order valence-electron chi connectivity index (χ4n) is 1.54. The normalized spacial score (nSPS) is 18.4. The van der Waals surface area contributed by atoms with Crippen LogP contribution in [0.1, 0.15) is 26.7 Å². The van der Waals surface area contributed by atoms with Crippen LogP contribution in [0.2, 0.25) is 0 Å². The monoisotopic (exact) mass is 362 g/mol. The Hall–Kier alpha value is -0.380. The van der Waals surface area contributed by atoms with Gasteiger partial charge in [-0.05, 0) is 26.7 Å². The van der Waals surface area contributed by atoms with E-state index in [1.807, 2.05) is 0 Å². The Balaban J connectivity index is 3.93. The van der Waals surface area contributed by atoms with Crippen molar-refractivity contribution in [3.63, 3.8) is 0 Å². The predicted octanol–water partition coefficient (Wildman–Crippen LogP) is -0.130. The van der Waals surface area contributed by atoms with Crippen molar-refractivity contribution in [2.24, 2.45) is 0 Å². The average Bonchev–Trinajstić information content (AvgIpc) is 2.42. The molecule has 0 aliphatic heterocycles. The highest BCUT2D eigenvalue weighted by Gasteiger charge is 2.12. The van der Waals surface area contributed by atoms with Crippen LogP contribution < -0.4 is 0 Å². The second kappa shape index (κ2) is 13.0. The van der Waals surface area contributed by atoms with Crippen molar-refractivity contribution in [3.05, 3.63) is 0 Å². The zero-order chi connectivity index (χ0) is 17.8. The van der Waals surface area contributed by atoms with Gasteiger partial charge >= 0.3 is 0 Å². The Morgan fingerprint density at radius 1 is 0.739 bits per heavy atom. The molecule has 6 unspecified atom stereocenters. The topological polar surface area (TPSA) is 90.2 Å². The maximum Gasteiger partial charge on any atom is 0.116 e. The summed E-state index contributed by atoms with van der Waals surface area (Å²) in [6.07, 6.45) is -2.62. The van der Waals surface area contributed by atoms with Gasteiger partial charge in [0.1, 0.15) is 24.4 Å². The van der Waals surface area contributed by atoms with E-state index in [1.165, 1.54) is 13.8 Å². The fourth-order valence-corrected chi connectivity index (χ4v) is 2.15. The molecule has 0 aliphatic rings. The lowest BCUT2D eigenvalue weighted by Gasteiger charge is -2.16. The van der Waals surface area contributed by atoms with Crippen molar-refractivity contribution >= 4 is 25.3 Å². The van der Waals surface area contributed by atoms with Crippen LogP contribution >= 0.6 is 25.3 Å². The molecule has 0 aromatic heterocycles. The van der Waals surface area contributed by atoms with Gasteiger partial charge in [0, 0.05) is 10.5 Å². The lowest BCUT2D eigenvalue weighted by molar-refractivity contribution is 0.114. The van der Waals surface area contributed by atoms with Crippen molar-refractivity contribution in [1.82, 2.24) is 0 Å². The highest BCUT2D eigenvalue weighted by Crippen LogP contribution is 2.09. The smallest absolute Gasteiger partial charge is 0.116 e. The summed E-state index contributed by atoms with van der Waals surface area (Å²) in [5, 5.41) is 36.8. The molecule has 0 saturated heterocycles. The predicted molar refractivity (Wildman–Crippen MR) is 96.5 cm³/mol. The summed E-state index contributed by atoms with van der Waals surface area (Å²) in [4.78, 5) is 0. The third-order valence-electron chi connectivity index (χ3n) is 2.53. The molecule has 0 fully saturated rings. The van der Waals surface area contributed by atoms with Crippen molar-refractivity contribution in [3.8, 4) is 23.7 Å². The molecule has 7 heteroatoms. The largest absolute Gasteiger partial charge is 0.381 e. The Morgan fingerprint density at radius 3 is 1.39 bits per heavy atom. The summed E-state index contributed by atoms with van der Waals surface area (Å²) in [5.74, 6) is 10.0. The van der Waals surface area contributed by atoms with Gasteiger partial charge in [0.05, 0.1) is 13.2 Å². The molecule has 6 atom stereocenters. The van der Waals surface area contributed by atoms with Crippen molar-refractivity contribution in [2.45, 2.75) is 61.6 Å². The quantitative estimate of drug-likeness (QED) is 0.267. The van der Waals surface area contributed by atoms with E-state index in [4.69, 9.17) is 14.9 Å². The van der Waals surface area contributed by atoms with Gasteiger partial charge < -0.3 is 25.2 Å². The zero-order valence-electron chi connectivity index (χ0n) is 13.4. The summed E-state index contributed by atoms with van der Waals surface area (Å²) < 4.78 is 5.44. The average molecular weight is 363 g/mol. The number of ether oxygens (including phenoxy) is 1. The number of thiol groups is 2. The Bertz CT molecular complexity index is 393. The number of aliphatic hydroxyl groups excluding tert-OH is 4. The summed E-state index contributed by atoms with van der Waals surface area (Å²) in [6.45, 7) is 3.66. The summed E-state index contributed by atoms with van der Waals surface area (Å²) in [5.41, 5.74) is 0. The van der Waals surface area contributed by atoms with Crippen LogP contribution in [-0.2, 0) is 4.74 Å². The van der Waals surface area contributed by atoms with Gasteiger partial charge in [-0.2, -0.15) is 25.3 Å². The minimum atomic E-state index is -0.861. The van der Waals surface area contributed by atoms with Crippen molar-refractivity contribution < 1.29 is 25.2 Å². The van der Waals surface area contributed by atoms with Gasteiger partial charge in [-0.15, -0.1) is 0 Å². The Labute approximate surface area is 149 Å². The van der Waals surface area contributed by atoms with Crippen molar-refractivity contribution in [2.75, 3.05) is 13.2 Å². The van der Waals surface area contributed by atoms with E-state index in [2.05, 4.69) is 48.9 Å². The maximum absolute atomic E-state index is 9.63. The van der Waals surface area contributed by atoms with Crippen LogP contribution in [0.4, 0.5) is 0 Å². The maximum atomic E-state index is 9.63. The second-order valence-corrected chi connectivity index (χ2v) is 6.74. The van der Waals surface area contributed by atoms with Gasteiger partial charge in [-0.1, -0.05) is 23.7 Å². The standard InChI is InChI=1S/C16H26O5S2/c1-11(17)3-5-13(19)7-15(22)9-21-10-16(23)8-14(20)6-4-12(2)18/h11-20,22-23H,7-10H2,1-2H3. The molecule has 0 saturated carbocycles. The lowest BCUT2D eigenvalue weighted by Crippen LogP contribution is -2.22. The molecule has 5 nitrogen and oxygen atoms in total. The van der Waals surface area contributed by atoms with Gasteiger partial charge in [0.15, 0.2) is 0 Å². The molecular weight excluding hydrogens is 336 g/mol. The highest BCUT2D eigenvalue weighted by molar-refractivity contribution is 7.81. The minimum absolute atomic E-state index is 0.200. The summed E-state index contributed by atoms with van der Waals surface area (Å²) in [6, 6.07) is 0. The Kier molecular flexibility index (Phi) is 12.8. The molecule has 0 rings (SSSR count). The van der Waals surface area contributed by atoms with Gasteiger partial charge in [0.25, 0.3) is 0 Å². The van der Waals surface area contributed by atoms with Crippen LogP contribution in [0, 0.1) is 23.7 Å². The third kappa shape index (κ3) is 14.9. The van der Waals surface area contributed by atoms with E-state index in [0.29, 0.717) is 26.1 Å². The molecule has 132 valence electrons. The summed E-state index contributed by atoms with van der Waals surface area (Å²) in [7, 11) is 0. The molecule has 0 radical (unpaired) electrons. The van der Waals surface area contributed by atoms with Crippen molar-refractivity contribution in [1.29, 1.82) is 0 Å². The molecule has 0 bridgehead atoms. The molecule has 0 aliphatic carbocycles. The molecule has 4 N–H and O–H groups in total. The lowest BCUT2D eigenvalue weighted by atomic mass is 10.2. The third-order valence-corrected chi connectivity index (χ3v) is 3.25. The van der Waals surface area contributed by atoms with E-state index >= 15 is 0 Å². The molecule has 23 heavy (non-hydrogen) atoms. The van der Waals surface area contributed by atoms with E-state index in [1.54, 1.807) is 0 Å². The second-order valence-electron chi connectivity index (χ2n) is 5.28. The first-order chi connectivity index (χ1) is 10.7. The number of hydrogen-bond donors (Lipinski definition) is 6. The van der Waals surface area contributed by atoms with Crippen LogP contribution in [0.3, 0.4) is 0 Å². The zero-order valence-corrected chi connectivity index (χ0v) is 15.2. The molecule has 0 aromatic carbocycles. The van der Waals surface area contributed by atoms with Gasteiger partial charge in [0.2, 0.25) is 0 Å². The molecule has 0 amide bonds. The SMILES string of the molecule is CC(O)C#CC(O)CC(S)COCC(S)CC(O)C#CC(C)O. The number of hydrogen-bond acceptors (Lipinski definition) is 7. The van der Waals surface area contributed by atoms with Crippen LogP contribution in [0.15, 0.2) is 0 Å². The minimum Gasteiger partial charge on any atom is -0.381 e. The summed E-state index contributed by atoms with van der Waals surface area (Å²) >= 11 is 8.61. The molecule has 0 spiro atoms.